The van der Waals surface area contributed by atoms with E-state index in [0.29, 0.717) is 23.9 Å². The molecule has 0 spiro atoms. The number of nitrogens with one attached hydrogen (secondary N) is 3. The number of amides is 2. The third-order valence-electron chi connectivity index (χ3n) is 5.26. The number of nitrogens with zero attached hydrogens (tertiary/aromatic N) is 3. The summed E-state index contributed by atoms with van der Waals surface area (Å²) in [6.07, 6.45) is 1.56. The molecule has 0 saturated heterocycles. The normalized spacial score (nSPS) is 11.4. The second-order valence-electron chi connectivity index (χ2n) is 7.93. The van der Waals surface area contributed by atoms with E-state index in [0.717, 1.165) is 18.4 Å². The molecule has 0 radical (unpaired) electrons. The van der Waals surface area contributed by atoms with Gasteiger partial charge in [-0.3, -0.25) is 9.59 Å². The van der Waals surface area contributed by atoms with Crippen LogP contribution in [0.1, 0.15) is 44.2 Å². The van der Waals surface area contributed by atoms with Gasteiger partial charge in [0, 0.05) is 18.5 Å². The lowest BCUT2D eigenvalue weighted by Crippen LogP contribution is -2.49. The molecule has 0 aliphatic carbocycles. The lowest BCUT2D eigenvalue weighted by molar-refractivity contribution is -0.142. The fourth-order valence-electron chi connectivity index (χ4n) is 3.50. The molecule has 0 unspecified atom stereocenters. The molecule has 2 aromatic heterocycles. The molecule has 0 aliphatic heterocycles. The Balaban J connectivity index is 1.59. The standard InChI is InChI=1S/C24H28N6O5S/c1-14-20(15(2)29-24(28-14)25-9-5-7-16-6-4-8-17(31)10-16)22(33)30-18(23(34)35-3)11-26-21(32)19-12-36-13-27-19/h4,6,8,10,12-13,18,31H,5,7,9,11H2,1-3H3,(H,26,32)(H,30,33)(H,25,28,29)/t18-/m0/s1. The van der Waals surface area contributed by atoms with E-state index < -0.39 is 23.8 Å². The Morgan fingerprint density at radius 2 is 1.89 bits per heavy atom. The van der Waals surface area contributed by atoms with Crippen LogP contribution in [0, 0.1) is 13.8 Å². The Morgan fingerprint density at radius 3 is 2.53 bits per heavy atom. The topological polar surface area (TPSA) is 155 Å². The van der Waals surface area contributed by atoms with Crippen molar-refractivity contribution in [3.8, 4) is 5.75 Å². The number of esters is 1. The van der Waals surface area contributed by atoms with Gasteiger partial charge < -0.3 is 25.8 Å². The van der Waals surface area contributed by atoms with Crippen molar-refractivity contribution in [1.82, 2.24) is 25.6 Å². The highest BCUT2D eigenvalue weighted by Crippen LogP contribution is 2.15. The number of benzene rings is 1. The van der Waals surface area contributed by atoms with Crippen LogP contribution in [-0.2, 0) is 16.0 Å². The highest BCUT2D eigenvalue weighted by atomic mass is 32.1. The van der Waals surface area contributed by atoms with Crippen LogP contribution in [0.25, 0.3) is 0 Å². The first-order valence-corrected chi connectivity index (χ1v) is 12.1. The molecule has 2 amide bonds. The van der Waals surface area contributed by atoms with Crippen molar-refractivity contribution >= 4 is 35.1 Å². The molecule has 0 saturated carbocycles. The van der Waals surface area contributed by atoms with Crippen LogP contribution in [0.3, 0.4) is 0 Å². The van der Waals surface area contributed by atoms with Crippen LogP contribution in [0.5, 0.6) is 5.75 Å². The molecule has 2 heterocycles. The minimum Gasteiger partial charge on any atom is -0.508 e. The van der Waals surface area contributed by atoms with Crippen LogP contribution in [0.2, 0.25) is 0 Å². The molecular weight excluding hydrogens is 484 g/mol. The van der Waals surface area contributed by atoms with Crippen molar-refractivity contribution in [2.45, 2.75) is 32.7 Å². The van der Waals surface area contributed by atoms with E-state index in [1.807, 2.05) is 6.07 Å². The van der Waals surface area contributed by atoms with Crippen LogP contribution in [0.15, 0.2) is 35.2 Å². The SMILES string of the molecule is COC(=O)[C@H](CNC(=O)c1cscn1)NC(=O)c1c(C)nc(NCCCc2cccc(O)c2)nc1C. The van der Waals surface area contributed by atoms with E-state index in [9.17, 15) is 19.5 Å². The Bertz CT molecular complexity index is 1190. The first kappa shape index (κ1) is 26.5. The second-order valence-corrected chi connectivity index (χ2v) is 8.64. The van der Waals surface area contributed by atoms with E-state index in [1.165, 1.54) is 24.0 Å². The summed E-state index contributed by atoms with van der Waals surface area (Å²) in [6.45, 7) is 3.78. The van der Waals surface area contributed by atoms with Crippen LogP contribution in [-0.4, -0.2) is 64.1 Å². The van der Waals surface area contributed by atoms with Gasteiger partial charge in [0.2, 0.25) is 5.95 Å². The minimum atomic E-state index is -1.11. The van der Waals surface area contributed by atoms with Gasteiger partial charge in [-0.2, -0.15) is 0 Å². The molecule has 3 rings (SSSR count). The first-order valence-electron chi connectivity index (χ1n) is 11.2. The summed E-state index contributed by atoms with van der Waals surface area (Å²) in [6, 6.07) is 6.00. The fourth-order valence-corrected chi connectivity index (χ4v) is 4.04. The van der Waals surface area contributed by atoms with Gasteiger partial charge in [0.1, 0.15) is 17.5 Å². The number of hydrogen-bond acceptors (Lipinski definition) is 10. The lowest BCUT2D eigenvalue weighted by Gasteiger charge is -2.18. The largest absolute Gasteiger partial charge is 0.508 e. The van der Waals surface area contributed by atoms with Crippen molar-refractivity contribution in [2.75, 3.05) is 25.5 Å². The van der Waals surface area contributed by atoms with Gasteiger partial charge in [0.15, 0.2) is 0 Å². The summed E-state index contributed by atoms with van der Waals surface area (Å²) in [5.74, 6) is -1.10. The van der Waals surface area contributed by atoms with Gasteiger partial charge in [0.05, 0.1) is 29.6 Å². The number of carbonyl (C=O) groups is 3. The number of ether oxygens (including phenoxy) is 1. The third-order valence-corrected chi connectivity index (χ3v) is 5.84. The average molecular weight is 513 g/mol. The lowest BCUT2D eigenvalue weighted by atomic mass is 10.1. The summed E-state index contributed by atoms with van der Waals surface area (Å²) in [7, 11) is 1.20. The Morgan fingerprint density at radius 1 is 1.14 bits per heavy atom. The molecule has 12 heteroatoms. The van der Waals surface area contributed by atoms with Gasteiger partial charge in [-0.1, -0.05) is 12.1 Å². The molecule has 190 valence electrons. The van der Waals surface area contributed by atoms with E-state index in [4.69, 9.17) is 4.74 Å². The second kappa shape index (κ2) is 12.6. The molecule has 4 N–H and O–H groups in total. The van der Waals surface area contributed by atoms with Crippen LogP contribution >= 0.6 is 11.3 Å². The van der Waals surface area contributed by atoms with Crippen molar-refractivity contribution in [3.63, 3.8) is 0 Å². The van der Waals surface area contributed by atoms with E-state index in [2.05, 4.69) is 30.9 Å². The quantitative estimate of drug-likeness (QED) is 0.223. The van der Waals surface area contributed by atoms with Gasteiger partial charge in [-0.05, 0) is 44.4 Å². The minimum absolute atomic E-state index is 0.174. The van der Waals surface area contributed by atoms with Gasteiger partial charge in [-0.25, -0.2) is 19.7 Å². The van der Waals surface area contributed by atoms with Gasteiger partial charge in [0.25, 0.3) is 11.8 Å². The molecular formula is C24H28N6O5S. The number of aromatic hydroxyl groups is 1. The molecule has 0 bridgehead atoms. The highest BCUT2D eigenvalue weighted by Gasteiger charge is 2.26. The fraction of sp³-hybridized carbons (Fsp3) is 0.333. The maximum atomic E-state index is 13.0. The maximum Gasteiger partial charge on any atom is 0.330 e. The van der Waals surface area contributed by atoms with Crippen LogP contribution < -0.4 is 16.0 Å². The Hall–Kier alpha value is -4.06. The predicted octanol–water partition coefficient (Wildman–Crippen LogP) is 2.00. The van der Waals surface area contributed by atoms with Gasteiger partial charge in [-0.15, -0.1) is 11.3 Å². The molecule has 36 heavy (non-hydrogen) atoms. The number of phenols is 1. The Kier molecular flexibility index (Phi) is 9.28. The highest BCUT2D eigenvalue weighted by molar-refractivity contribution is 7.07. The zero-order valence-electron chi connectivity index (χ0n) is 20.2. The number of rotatable bonds is 11. The summed E-state index contributed by atoms with van der Waals surface area (Å²) in [4.78, 5) is 50.0. The monoisotopic (exact) mass is 512 g/mol. The molecule has 0 aliphatic rings. The Labute approximate surface area is 212 Å². The summed E-state index contributed by atoms with van der Waals surface area (Å²) < 4.78 is 4.77. The smallest absolute Gasteiger partial charge is 0.330 e. The number of phenolic OH excluding ortho intramolecular Hbond substituents is 1. The number of hydrogen-bond donors (Lipinski definition) is 4. The van der Waals surface area contributed by atoms with Crippen molar-refractivity contribution < 1.29 is 24.2 Å². The van der Waals surface area contributed by atoms with E-state index in [-0.39, 0.29) is 23.6 Å². The summed E-state index contributed by atoms with van der Waals surface area (Å²) >= 11 is 1.27. The first-order chi connectivity index (χ1) is 17.3. The number of carbonyl (C=O) groups excluding carboxylic acids is 3. The van der Waals surface area contributed by atoms with E-state index in [1.54, 1.807) is 37.4 Å². The summed E-state index contributed by atoms with van der Waals surface area (Å²) in [5.41, 5.74) is 3.88. The molecule has 3 aromatic rings. The molecule has 1 aromatic carbocycles. The molecule has 0 fully saturated rings. The number of thiazole rings is 1. The molecule has 1 atom stereocenters. The zero-order valence-corrected chi connectivity index (χ0v) is 21.0. The zero-order chi connectivity index (χ0) is 26.1. The predicted molar refractivity (Wildman–Crippen MR) is 134 cm³/mol. The third kappa shape index (κ3) is 7.22. The molecule has 11 nitrogen and oxygen atoms in total. The van der Waals surface area contributed by atoms with Gasteiger partial charge >= 0.3 is 5.97 Å². The average Bonchev–Trinajstić information content (AvgIpc) is 3.38. The van der Waals surface area contributed by atoms with E-state index >= 15 is 0 Å². The number of aryl methyl sites for hydroxylation is 3. The van der Waals surface area contributed by atoms with Crippen molar-refractivity contribution in [3.05, 3.63) is 63.4 Å². The number of methoxy groups -OCH3 is 1. The maximum absolute atomic E-state index is 13.0. The number of aromatic nitrogens is 3. The number of anilines is 1. The summed E-state index contributed by atoms with van der Waals surface area (Å²) in [5, 5.41) is 19.4. The van der Waals surface area contributed by atoms with Crippen molar-refractivity contribution in [1.29, 1.82) is 0 Å². The van der Waals surface area contributed by atoms with Crippen LogP contribution in [0.4, 0.5) is 5.95 Å². The van der Waals surface area contributed by atoms with Crippen molar-refractivity contribution in [2.24, 2.45) is 0 Å².